The topological polar surface area (TPSA) is 26.3 Å². The molecule has 1 aliphatic heterocycles. The van der Waals surface area contributed by atoms with Crippen LogP contribution in [-0.2, 0) is 6.42 Å². The fraction of sp³-hybridized carbons (Fsp3) is 0.133. The van der Waals surface area contributed by atoms with Crippen LogP contribution >= 0.6 is 11.6 Å². The Balaban J connectivity index is 2.10. The van der Waals surface area contributed by atoms with Crippen molar-refractivity contribution in [2.45, 2.75) is 6.42 Å². The molecule has 0 unspecified atom stereocenters. The van der Waals surface area contributed by atoms with Gasteiger partial charge >= 0.3 is 0 Å². The molecule has 2 nitrogen and oxygen atoms in total. The van der Waals surface area contributed by atoms with Crippen molar-refractivity contribution in [1.29, 1.82) is 0 Å². The van der Waals surface area contributed by atoms with Gasteiger partial charge in [0.2, 0.25) is 0 Å². The lowest BCUT2D eigenvalue weighted by molar-refractivity contribution is 0.103. The number of carbonyl (C=O) groups is 1. The summed E-state index contributed by atoms with van der Waals surface area (Å²) in [4.78, 5) is 12.4. The molecule has 0 saturated heterocycles. The molecule has 0 spiro atoms. The van der Waals surface area contributed by atoms with E-state index in [0.29, 0.717) is 28.5 Å². The van der Waals surface area contributed by atoms with Gasteiger partial charge in [0.05, 0.1) is 12.2 Å². The molecule has 0 atom stereocenters. The Morgan fingerprint density at radius 1 is 1.26 bits per heavy atom. The minimum atomic E-state index is -0.439. The summed E-state index contributed by atoms with van der Waals surface area (Å²) < 4.78 is 18.7. The van der Waals surface area contributed by atoms with Crippen molar-refractivity contribution in [3.05, 3.63) is 63.9 Å². The molecular weight excluding hydrogens is 267 g/mol. The fourth-order valence-corrected chi connectivity index (χ4v) is 2.46. The standard InChI is InChI=1S/C15H10ClFO2/c16-11-6-10-4-5-19-15(10)13(8-11)14(18)9-2-1-3-12(17)7-9/h1-3,6-8H,4-5H2. The molecule has 0 N–H and O–H groups in total. The highest BCUT2D eigenvalue weighted by Crippen LogP contribution is 2.34. The zero-order chi connectivity index (χ0) is 13.4. The quantitative estimate of drug-likeness (QED) is 0.783. The molecule has 1 aliphatic rings. The number of rotatable bonds is 2. The number of fused-ring (bicyclic) bond motifs is 1. The molecule has 0 aliphatic carbocycles. The van der Waals surface area contributed by atoms with E-state index >= 15 is 0 Å². The average Bonchev–Trinajstić information content (AvgIpc) is 2.85. The van der Waals surface area contributed by atoms with Crippen molar-refractivity contribution >= 4 is 17.4 Å². The summed E-state index contributed by atoms with van der Waals surface area (Å²) in [6.45, 7) is 0.541. The van der Waals surface area contributed by atoms with Crippen LogP contribution in [0.25, 0.3) is 0 Å². The second-order valence-corrected chi connectivity index (χ2v) is 4.82. The number of hydrogen-bond donors (Lipinski definition) is 0. The molecule has 4 heteroatoms. The number of hydrogen-bond acceptors (Lipinski definition) is 2. The Morgan fingerprint density at radius 2 is 2.11 bits per heavy atom. The van der Waals surface area contributed by atoms with Crippen molar-refractivity contribution in [2.75, 3.05) is 6.61 Å². The summed E-state index contributed by atoms with van der Waals surface area (Å²) in [5.41, 5.74) is 1.61. The summed E-state index contributed by atoms with van der Waals surface area (Å²) in [7, 11) is 0. The Labute approximate surface area is 114 Å². The molecule has 2 aromatic rings. The molecule has 0 bridgehead atoms. The van der Waals surface area contributed by atoms with Gasteiger partial charge in [-0.1, -0.05) is 23.7 Å². The molecule has 0 fully saturated rings. The van der Waals surface area contributed by atoms with Crippen LogP contribution in [0, 0.1) is 5.82 Å². The summed E-state index contributed by atoms with van der Waals surface area (Å²) >= 11 is 6.01. The third-order valence-electron chi connectivity index (χ3n) is 3.08. The zero-order valence-corrected chi connectivity index (χ0v) is 10.7. The third kappa shape index (κ3) is 2.22. The number of carbonyl (C=O) groups excluding carboxylic acids is 1. The predicted molar refractivity (Wildman–Crippen MR) is 70.5 cm³/mol. The molecule has 0 radical (unpaired) electrons. The first-order chi connectivity index (χ1) is 9.15. The molecule has 2 aromatic carbocycles. The van der Waals surface area contributed by atoms with Crippen LogP contribution in [0.4, 0.5) is 4.39 Å². The highest BCUT2D eigenvalue weighted by atomic mass is 35.5. The Hall–Kier alpha value is -1.87. The summed E-state index contributed by atoms with van der Waals surface area (Å²) in [5, 5.41) is 0.490. The van der Waals surface area contributed by atoms with Crippen LogP contribution in [0.15, 0.2) is 36.4 Å². The maximum atomic E-state index is 13.2. The minimum Gasteiger partial charge on any atom is -0.492 e. The molecule has 19 heavy (non-hydrogen) atoms. The van der Waals surface area contributed by atoms with E-state index in [1.807, 2.05) is 0 Å². The maximum Gasteiger partial charge on any atom is 0.196 e. The van der Waals surface area contributed by atoms with Crippen LogP contribution in [-0.4, -0.2) is 12.4 Å². The third-order valence-corrected chi connectivity index (χ3v) is 3.30. The fourth-order valence-electron chi connectivity index (χ4n) is 2.22. The molecule has 96 valence electrons. The van der Waals surface area contributed by atoms with Crippen molar-refractivity contribution in [3.63, 3.8) is 0 Å². The van der Waals surface area contributed by atoms with Gasteiger partial charge in [-0.2, -0.15) is 0 Å². The van der Waals surface area contributed by atoms with Gasteiger partial charge in [-0.25, -0.2) is 4.39 Å². The predicted octanol–water partition coefficient (Wildman–Crippen LogP) is 3.65. The number of benzene rings is 2. The van der Waals surface area contributed by atoms with Crippen molar-refractivity contribution < 1.29 is 13.9 Å². The summed E-state index contributed by atoms with van der Waals surface area (Å²) in [5.74, 6) is -0.149. The normalized spacial score (nSPS) is 12.9. The lowest BCUT2D eigenvalue weighted by Gasteiger charge is -2.08. The van der Waals surface area contributed by atoms with Crippen molar-refractivity contribution in [3.8, 4) is 5.75 Å². The first kappa shape index (κ1) is 12.2. The summed E-state index contributed by atoms with van der Waals surface area (Å²) in [6, 6.07) is 8.97. The minimum absolute atomic E-state index is 0.278. The molecule has 1 heterocycles. The van der Waals surface area contributed by atoms with Crippen LogP contribution < -0.4 is 4.74 Å². The monoisotopic (exact) mass is 276 g/mol. The van der Waals surface area contributed by atoms with Gasteiger partial charge in [-0.3, -0.25) is 4.79 Å². The van der Waals surface area contributed by atoms with Crippen LogP contribution in [0.1, 0.15) is 21.5 Å². The number of ketones is 1. The zero-order valence-electron chi connectivity index (χ0n) is 9.95. The van der Waals surface area contributed by atoms with E-state index in [1.54, 1.807) is 18.2 Å². The Morgan fingerprint density at radius 3 is 2.89 bits per heavy atom. The first-order valence-electron chi connectivity index (χ1n) is 5.90. The van der Waals surface area contributed by atoms with Crippen LogP contribution in [0.2, 0.25) is 5.02 Å². The lowest BCUT2D eigenvalue weighted by atomic mass is 10.00. The Kier molecular flexibility index (Phi) is 2.99. The molecule has 0 saturated carbocycles. The average molecular weight is 277 g/mol. The van der Waals surface area contributed by atoms with E-state index in [9.17, 15) is 9.18 Å². The second-order valence-electron chi connectivity index (χ2n) is 4.38. The van der Waals surface area contributed by atoms with E-state index in [1.165, 1.54) is 18.2 Å². The van der Waals surface area contributed by atoms with E-state index in [2.05, 4.69) is 0 Å². The highest BCUT2D eigenvalue weighted by molar-refractivity contribution is 6.31. The Bertz CT molecular complexity index is 667. The molecular formula is C15H10ClFO2. The van der Waals surface area contributed by atoms with E-state index < -0.39 is 5.82 Å². The first-order valence-corrected chi connectivity index (χ1v) is 6.28. The molecule has 3 rings (SSSR count). The van der Waals surface area contributed by atoms with E-state index in [-0.39, 0.29) is 5.78 Å². The lowest BCUT2D eigenvalue weighted by Crippen LogP contribution is -2.04. The van der Waals surface area contributed by atoms with Gasteiger partial charge in [-0.05, 0) is 29.8 Å². The van der Waals surface area contributed by atoms with Crippen molar-refractivity contribution in [2.24, 2.45) is 0 Å². The smallest absolute Gasteiger partial charge is 0.196 e. The van der Waals surface area contributed by atoms with Gasteiger partial charge in [-0.15, -0.1) is 0 Å². The van der Waals surface area contributed by atoms with Gasteiger partial charge < -0.3 is 4.74 Å². The largest absolute Gasteiger partial charge is 0.492 e. The number of halogens is 2. The van der Waals surface area contributed by atoms with Gasteiger partial charge in [0, 0.05) is 17.0 Å². The van der Waals surface area contributed by atoms with E-state index in [4.69, 9.17) is 16.3 Å². The number of ether oxygens (including phenoxy) is 1. The van der Waals surface area contributed by atoms with Gasteiger partial charge in [0.15, 0.2) is 5.78 Å². The highest BCUT2D eigenvalue weighted by Gasteiger charge is 2.23. The van der Waals surface area contributed by atoms with E-state index in [0.717, 1.165) is 12.0 Å². The van der Waals surface area contributed by atoms with Crippen LogP contribution in [0.3, 0.4) is 0 Å². The summed E-state index contributed by atoms with van der Waals surface area (Å²) in [6.07, 6.45) is 0.735. The van der Waals surface area contributed by atoms with Crippen LogP contribution in [0.5, 0.6) is 5.75 Å². The molecule has 0 aromatic heterocycles. The maximum absolute atomic E-state index is 13.2. The molecule has 0 amide bonds. The second kappa shape index (κ2) is 4.67. The SMILES string of the molecule is O=C(c1cccc(F)c1)c1cc(Cl)cc2c1OCC2. The van der Waals surface area contributed by atoms with Crippen molar-refractivity contribution in [1.82, 2.24) is 0 Å². The van der Waals surface area contributed by atoms with Gasteiger partial charge in [0.1, 0.15) is 11.6 Å². The van der Waals surface area contributed by atoms with Gasteiger partial charge in [0.25, 0.3) is 0 Å².